The number of ether oxygens (including phenoxy) is 1. The first-order chi connectivity index (χ1) is 12.2. The number of hydrogen-bond acceptors (Lipinski definition) is 4. The second kappa shape index (κ2) is 8.48. The van der Waals surface area contributed by atoms with Crippen LogP contribution in [0.5, 0.6) is 0 Å². The first-order valence-electron chi connectivity index (χ1n) is 9.46. The summed E-state index contributed by atoms with van der Waals surface area (Å²) in [5, 5.41) is 3.16. The van der Waals surface area contributed by atoms with Crippen LogP contribution >= 0.6 is 0 Å². The van der Waals surface area contributed by atoms with Gasteiger partial charge in [-0.2, -0.15) is 0 Å². The smallest absolute Gasteiger partial charge is 0.253 e. The van der Waals surface area contributed by atoms with Crippen molar-refractivity contribution in [3.05, 3.63) is 29.7 Å². The zero-order valence-electron chi connectivity index (χ0n) is 15.2. The molecule has 2 aromatic rings. The molecule has 1 N–H and O–H groups in total. The lowest BCUT2D eigenvalue weighted by molar-refractivity contribution is 0.0205. The van der Waals surface area contributed by atoms with Crippen LogP contribution in [-0.4, -0.2) is 29.6 Å². The fraction of sp³-hybridized carbons (Fsp3) is 0.600. The Balaban J connectivity index is 1.51. The average Bonchev–Trinajstić information content (AvgIpc) is 3.00. The van der Waals surface area contributed by atoms with E-state index in [1.54, 1.807) is 6.92 Å². The second-order valence-electron chi connectivity index (χ2n) is 6.91. The van der Waals surface area contributed by atoms with Crippen molar-refractivity contribution in [3.8, 4) is 0 Å². The van der Waals surface area contributed by atoms with E-state index in [0.717, 1.165) is 38.7 Å². The quantitative estimate of drug-likeness (QED) is 0.757. The molecule has 1 aliphatic rings. The molecule has 136 valence electrons. The number of carbonyl (C=O) groups is 1. The number of unbranched alkanes of at least 4 members (excludes halogenated alkanes) is 2. The SMILES string of the molecule is CCCCCOC1CCC(NC(=O)c2cccc3oc(C)nc23)CC1. The number of hydrogen-bond donors (Lipinski definition) is 1. The summed E-state index contributed by atoms with van der Waals surface area (Å²) in [6, 6.07) is 5.70. The summed E-state index contributed by atoms with van der Waals surface area (Å²) in [7, 11) is 0. The highest BCUT2D eigenvalue weighted by molar-refractivity contribution is 6.04. The summed E-state index contributed by atoms with van der Waals surface area (Å²) in [6.07, 6.45) is 7.93. The summed E-state index contributed by atoms with van der Waals surface area (Å²) in [5.74, 6) is 0.516. The van der Waals surface area contributed by atoms with Crippen LogP contribution in [0.3, 0.4) is 0 Å². The van der Waals surface area contributed by atoms with Gasteiger partial charge in [0.05, 0.1) is 11.7 Å². The van der Waals surface area contributed by atoms with Crippen molar-refractivity contribution in [1.82, 2.24) is 10.3 Å². The van der Waals surface area contributed by atoms with Gasteiger partial charge < -0.3 is 14.5 Å². The van der Waals surface area contributed by atoms with Crippen LogP contribution in [0.4, 0.5) is 0 Å². The van der Waals surface area contributed by atoms with E-state index >= 15 is 0 Å². The molecule has 1 aromatic carbocycles. The molecule has 0 bridgehead atoms. The molecule has 1 amide bonds. The van der Waals surface area contributed by atoms with Crippen LogP contribution in [0.25, 0.3) is 11.1 Å². The minimum Gasteiger partial charge on any atom is -0.441 e. The van der Waals surface area contributed by atoms with Crippen molar-refractivity contribution in [2.75, 3.05) is 6.61 Å². The molecule has 0 radical (unpaired) electrons. The fourth-order valence-corrected chi connectivity index (χ4v) is 3.48. The summed E-state index contributed by atoms with van der Waals surface area (Å²) in [6.45, 7) is 4.86. The highest BCUT2D eigenvalue weighted by Gasteiger charge is 2.24. The minimum absolute atomic E-state index is 0.0637. The second-order valence-corrected chi connectivity index (χ2v) is 6.91. The van der Waals surface area contributed by atoms with Gasteiger partial charge in [-0.3, -0.25) is 4.79 Å². The largest absolute Gasteiger partial charge is 0.441 e. The topological polar surface area (TPSA) is 64.4 Å². The van der Waals surface area contributed by atoms with Crippen molar-refractivity contribution in [2.24, 2.45) is 0 Å². The molecular formula is C20H28N2O3. The molecule has 0 aliphatic heterocycles. The third kappa shape index (κ3) is 4.60. The van der Waals surface area contributed by atoms with Crippen molar-refractivity contribution >= 4 is 17.0 Å². The van der Waals surface area contributed by atoms with Gasteiger partial charge in [0, 0.05) is 19.6 Å². The Hall–Kier alpha value is -1.88. The molecule has 1 heterocycles. The lowest BCUT2D eigenvalue weighted by Gasteiger charge is -2.29. The van der Waals surface area contributed by atoms with Crippen LogP contribution in [0, 0.1) is 6.92 Å². The average molecular weight is 344 g/mol. The fourth-order valence-electron chi connectivity index (χ4n) is 3.48. The standard InChI is InChI=1S/C20H28N2O3/c1-3-4-5-13-24-16-11-9-15(10-12-16)22-20(23)17-7-6-8-18-19(17)21-14(2)25-18/h6-8,15-16H,3-5,9-13H2,1-2H3,(H,22,23). The summed E-state index contributed by atoms with van der Waals surface area (Å²) < 4.78 is 11.5. The highest BCUT2D eigenvalue weighted by atomic mass is 16.5. The number of carbonyl (C=O) groups excluding carboxylic acids is 1. The Morgan fingerprint density at radius 1 is 1.28 bits per heavy atom. The van der Waals surface area contributed by atoms with Gasteiger partial charge in [0.2, 0.25) is 0 Å². The van der Waals surface area contributed by atoms with Crippen molar-refractivity contribution in [1.29, 1.82) is 0 Å². The van der Waals surface area contributed by atoms with E-state index in [9.17, 15) is 4.79 Å². The van der Waals surface area contributed by atoms with Crippen LogP contribution in [-0.2, 0) is 4.74 Å². The van der Waals surface area contributed by atoms with Gasteiger partial charge in [0.25, 0.3) is 5.91 Å². The van der Waals surface area contributed by atoms with Gasteiger partial charge in [-0.1, -0.05) is 25.8 Å². The zero-order valence-corrected chi connectivity index (χ0v) is 15.2. The molecule has 0 atom stereocenters. The normalized spacial score (nSPS) is 20.7. The zero-order chi connectivity index (χ0) is 17.6. The monoisotopic (exact) mass is 344 g/mol. The van der Waals surface area contributed by atoms with Crippen molar-refractivity contribution in [3.63, 3.8) is 0 Å². The molecule has 0 spiro atoms. The first kappa shape index (κ1) is 17.9. The third-order valence-corrected chi connectivity index (χ3v) is 4.88. The summed E-state index contributed by atoms with van der Waals surface area (Å²) >= 11 is 0. The molecule has 0 saturated heterocycles. The lowest BCUT2D eigenvalue weighted by atomic mass is 9.92. The van der Waals surface area contributed by atoms with E-state index in [0.29, 0.717) is 28.7 Å². The molecule has 1 aromatic heterocycles. The first-order valence-corrected chi connectivity index (χ1v) is 9.46. The van der Waals surface area contributed by atoms with Crippen LogP contribution in [0.1, 0.15) is 68.1 Å². The number of rotatable bonds is 7. The maximum atomic E-state index is 12.6. The van der Waals surface area contributed by atoms with Crippen LogP contribution in [0.2, 0.25) is 0 Å². The number of nitrogens with one attached hydrogen (secondary N) is 1. The van der Waals surface area contributed by atoms with Crippen LogP contribution < -0.4 is 5.32 Å². The molecule has 25 heavy (non-hydrogen) atoms. The van der Waals surface area contributed by atoms with E-state index in [1.165, 1.54) is 12.8 Å². The van der Waals surface area contributed by atoms with Gasteiger partial charge in [0.1, 0.15) is 5.52 Å². The number of fused-ring (bicyclic) bond motifs is 1. The Kier molecular flexibility index (Phi) is 6.08. The summed E-state index contributed by atoms with van der Waals surface area (Å²) in [4.78, 5) is 17.0. The third-order valence-electron chi connectivity index (χ3n) is 4.88. The number of oxazole rings is 1. The number of amides is 1. The molecule has 5 nitrogen and oxygen atoms in total. The molecule has 1 fully saturated rings. The van der Waals surface area contributed by atoms with E-state index in [-0.39, 0.29) is 11.9 Å². The van der Waals surface area contributed by atoms with E-state index in [2.05, 4.69) is 17.2 Å². The molecule has 5 heteroatoms. The maximum Gasteiger partial charge on any atom is 0.253 e. The number of para-hydroxylation sites is 1. The number of aryl methyl sites for hydroxylation is 1. The Labute approximate surface area is 149 Å². The van der Waals surface area contributed by atoms with Gasteiger partial charge >= 0.3 is 0 Å². The van der Waals surface area contributed by atoms with Crippen LogP contribution in [0.15, 0.2) is 22.6 Å². The summed E-state index contributed by atoms with van der Waals surface area (Å²) in [5.41, 5.74) is 1.90. The van der Waals surface area contributed by atoms with Crippen molar-refractivity contribution < 1.29 is 13.9 Å². The number of benzene rings is 1. The van der Waals surface area contributed by atoms with E-state index in [4.69, 9.17) is 9.15 Å². The van der Waals surface area contributed by atoms with Gasteiger partial charge in [-0.25, -0.2) is 4.98 Å². The van der Waals surface area contributed by atoms with E-state index in [1.807, 2.05) is 18.2 Å². The predicted molar refractivity (Wildman–Crippen MR) is 97.7 cm³/mol. The Bertz CT molecular complexity index is 702. The molecule has 3 rings (SSSR count). The highest BCUT2D eigenvalue weighted by Crippen LogP contribution is 2.23. The molecule has 1 aliphatic carbocycles. The number of aromatic nitrogens is 1. The van der Waals surface area contributed by atoms with Gasteiger partial charge in [-0.05, 0) is 44.2 Å². The van der Waals surface area contributed by atoms with Gasteiger partial charge in [-0.15, -0.1) is 0 Å². The molecule has 0 unspecified atom stereocenters. The van der Waals surface area contributed by atoms with Gasteiger partial charge in [0.15, 0.2) is 11.5 Å². The molecule has 1 saturated carbocycles. The Morgan fingerprint density at radius 2 is 2.08 bits per heavy atom. The minimum atomic E-state index is -0.0637. The van der Waals surface area contributed by atoms with E-state index < -0.39 is 0 Å². The number of nitrogens with zero attached hydrogens (tertiary/aromatic N) is 1. The molecular weight excluding hydrogens is 316 g/mol. The Morgan fingerprint density at radius 3 is 2.84 bits per heavy atom. The predicted octanol–water partition coefficient (Wildman–Crippen LogP) is 4.38. The lowest BCUT2D eigenvalue weighted by Crippen LogP contribution is -2.39. The van der Waals surface area contributed by atoms with Crippen molar-refractivity contribution in [2.45, 2.75) is 70.9 Å². The maximum absolute atomic E-state index is 12.6.